The summed E-state index contributed by atoms with van der Waals surface area (Å²) >= 11 is 1.13. The van der Waals surface area contributed by atoms with E-state index in [4.69, 9.17) is 9.47 Å². The van der Waals surface area contributed by atoms with E-state index in [1.807, 2.05) is 13.8 Å². The number of nitrogens with zero attached hydrogens (tertiary/aromatic N) is 2. The summed E-state index contributed by atoms with van der Waals surface area (Å²) in [6.07, 6.45) is 8.93. The Bertz CT molecular complexity index is 1280. The minimum absolute atomic E-state index is 0.00602. The zero-order valence-electron chi connectivity index (χ0n) is 26.7. The van der Waals surface area contributed by atoms with Gasteiger partial charge in [0.15, 0.2) is 0 Å². The summed E-state index contributed by atoms with van der Waals surface area (Å²) < 4.78 is 41.5. The minimum atomic E-state index is -3.81. The molecule has 4 rings (SSSR count). The number of anilines is 1. The van der Waals surface area contributed by atoms with Crippen molar-refractivity contribution in [1.29, 1.82) is 0 Å². The molecule has 1 aliphatic heterocycles. The number of carbonyl (C=O) groups excluding carboxylic acids is 1. The molecule has 2 aliphatic rings. The highest BCUT2D eigenvalue weighted by Gasteiger charge is 2.31. The number of nitrogens with one attached hydrogen (secondary N) is 1. The van der Waals surface area contributed by atoms with E-state index in [1.165, 1.54) is 32.1 Å². The number of hydrogen-bond acceptors (Lipinski definition) is 8. The number of sulfonamides is 1. The van der Waals surface area contributed by atoms with Crippen LogP contribution in [0.2, 0.25) is 0 Å². The molecule has 1 saturated carbocycles. The van der Waals surface area contributed by atoms with Crippen LogP contribution >= 0.6 is 11.3 Å². The first kappa shape index (κ1) is 34.7. The molecule has 0 unspecified atom stereocenters. The van der Waals surface area contributed by atoms with E-state index in [-0.39, 0.29) is 46.1 Å². The van der Waals surface area contributed by atoms with Crippen molar-refractivity contribution in [2.45, 2.75) is 94.6 Å². The van der Waals surface area contributed by atoms with E-state index < -0.39 is 16.1 Å². The van der Waals surface area contributed by atoms with Gasteiger partial charge in [-0.3, -0.25) is 9.52 Å². The van der Waals surface area contributed by atoms with Crippen molar-refractivity contribution in [3.63, 3.8) is 0 Å². The smallest absolute Gasteiger partial charge is 0.271 e. The van der Waals surface area contributed by atoms with Crippen LogP contribution < -0.4 is 9.46 Å². The molecule has 2 N–H and O–H groups in total. The fraction of sp³-hybridized carbons (Fsp3) is 0.667. The van der Waals surface area contributed by atoms with Gasteiger partial charge in [0.05, 0.1) is 30.4 Å². The van der Waals surface area contributed by atoms with Gasteiger partial charge >= 0.3 is 0 Å². The Morgan fingerprint density at radius 1 is 1.09 bits per heavy atom. The largest absolute Gasteiger partial charge is 0.490 e. The Morgan fingerprint density at radius 2 is 1.84 bits per heavy atom. The SMILES string of the molecule is C[C@H]1CCCCO[C@H](CN(C)CC2CCCCC2)[C@@H](C)CN([C@@H](C)CO)C(=O)c2cc(NS(=O)(=O)c3cccs3)ccc2O1. The monoisotopic (exact) mass is 649 g/mol. The first-order valence-corrected chi connectivity index (χ1v) is 18.5. The van der Waals surface area contributed by atoms with Crippen LogP contribution in [0, 0.1) is 11.8 Å². The standard InChI is InChI=1S/C33H51N3O6S2/c1-24-20-36(25(2)23-37)33(38)29-19-28(34-44(39,40)32-14-10-18-43-32)15-16-30(29)42-26(3)11-8-9-17-41-31(24)22-35(4)21-27-12-6-5-7-13-27/h10,14-16,18-19,24-27,31,34,37H,5-9,11-13,17,20-23H2,1-4H3/t24-,25-,26-,31+/m0/s1. The normalized spacial score (nSPS) is 23.9. The van der Waals surface area contributed by atoms with Gasteiger partial charge in [-0.25, -0.2) is 8.42 Å². The molecule has 1 fully saturated rings. The maximum Gasteiger partial charge on any atom is 0.271 e. The number of carbonyl (C=O) groups is 1. The molecule has 1 aromatic heterocycles. The highest BCUT2D eigenvalue weighted by atomic mass is 32.2. The average molecular weight is 650 g/mol. The van der Waals surface area contributed by atoms with Crippen molar-refractivity contribution in [3.8, 4) is 5.75 Å². The van der Waals surface area contributed by atoms with Gasteiger partial charge in [-0.05, 0) is 88.6 Å². The number of aliphatic hydroxyl groups excluding tert-OH is 1. The summed E-state index contributed by atoms with van der Waals surface area (Å²) in [5.74, 6) is 0.804. The van der Waals surface area contributed by atoms with Crippen LogP contribution in [0.4, 0.5) is 5.69 Å². The van der Waals surface area contributed by atoms with Crippen LogP contribution in [0.5, 0.6) is 5.75 Å². The summed E-state index contributed by atoms with van der Waals surface area (Å²) in [5, 5.41) is 11.9. The maximum atomic E-state index is 14.3. The number of benzene rings is 1. The fourth-order valence-electron chi connectivity index (χ4n) is 6.26. The number of rotatable bonds is 9. The van der Waals surface area contributed by atoms with E-state index in [9.17, 15) is 18.3 Å². The molecule has 246 valence electrons. The molecule has 11 heteroatoms. The van der Waals surface area contributed by atoms with Gasteiger partial charge in [-0.15, -0.1) is 11.3 Å². The van der Waals surface area contributed by atoms with Gasteiger partial charge in [0.2, 0.25) is 0 Å². The van der Waals surface area contributed by atoms with Gasteiger partial charge in [-0.2, -0.15) is 0 Å². The molecule has 1 aliphatic carbocycles. The number of hydrogen-bond donors (Lipinski definition) is 2. The second kappa shape index (κ2) is 16.4. The zero-order chi connectivity index (χ0) is 31.7. The molecule has 2 aromatic rings. The third kappa shape index (κ3) is 9.66. The Kier molecular flexibility index (Phi) is 12.9. The Balaban J connectivity index is 1.61. The molecule has 44 heavy (non-hydrogen) atoms. The third-order valence-electron chi connectivity index (χ3n) is 8.85. The minimum Gasteiger partial charge on any atom is -0.490 e. The van der Waals surface area contributed by atoms with Crippen LogP contribution in [-0.4, -0.2) is 87.4 Å². The first-order valence-electron chi connectivity index (χ1n) is 16.2. The van der Waals surface area contributed by atoms with Gasteiger partial charge < -0.3 is 24.4 Å². The van der Waals surface area contributed by atoms with Crippen LogP contribution in [-0.2, 0) is 14.8 Å². The number of likely N-dealkylation sites (N-methyl/N-ethyl adjacent to an activating group) is 1. The molecule has 1 amide bonds. The molecular formula is C33H51N3O6S2. The number of aliphatic hydroxyl groups is 1. The van der Waals surface area contributed by atoms with E-state index >= 15 is 0 Å². The van der Waals surface area contributed by atoms with Crippen molar-refractivity contribution in [3.05, 3.63) is 41.3 Å². The topological polar surface area (TPSA) is 108 Å². The summed E-state index contributed by atoms with van der Waals surface area (Å²) in [6, 6.07) is 7.60. The van der Waals surface area contributed by atoms with Crippen LogP contribution in [0.25, 0.3) is 0 Å². The molecule has 2 heterocycles. The van der Waals surface area contributed by atoms with Crippen LogP contribution in [0.1, 0.15) is 82.5 Å². The summed E-state index contributed by atoms with van der Waals surface area (Å²) in [4.78, 5) is 18.4. The molecule has 0 radical (unpaired) electrons. The summed E-state index contributed by atoms with van der Waals surface area (Å²) in [5.41, 5.74) is 0.540. The van der Waals surface area contributed by atoms with E-state index in [0.29, 0.717) is 18.9 Å². The summed E-state index contributed by atoms with van der Waals surface area (Å²) in [6.45, 7) is 8.56. The van der Waals surface area contributed by atoms with Crippen molar-refractivity contribution >= 4 is 33.0 Å². The van der Waals surface area contributed by atoms with Gasteiger partial charge in [0, 0.05) is 37.8 Å². The van der Waals surface area contributed by atoms with E-state index in [2.05, 4.69) is 23.6 Å². The third-order valence-corrected chi connectivity index (χ3v) is 11.6. The second-order valence-electron chi connectivity index (χ2n) is 12.8. The second-order valence-corrected chi connectivity index (χ2v) is 15.6. The first-order chi connectivity index (χ1) is 21.1. The van der Waals surface area contributed by atoms with Crippen LogP contribution in [0.3, 0.4) is 0 Å². The van der Waals surface area contributed by atoms with E-state index in [0.717, 1.165) is 49.6 Å². The molecule has 9 nitrogen and oxygen atoms in total. The maximum absolute atomic E-state index is 14.3. The number of amides is 1. The zero-order valence-corrected chi connectivity index (χ0v) is 28.4. The Labute approximate surface area is 268 Å². The lowest BCUT2D eigenvalue weighted by molar-refractivity contribution is -0.0190. The predicted molar refractivity (Wildman–Crippen MR) is 176 cm³/mol. The van der Waals surface area contributed by atoms with Gasteiger partial charge in [-0.1, -0.05) is 32.3 Å². The lowest BCUT2D eigenvalue weighted by Crippen LogP contribution is -2.47. The fourth-order valence-corrected chi connectivity index (χ4v) is 8.31. The van der Waals surface area contributed by atoms with Gasteiger partial charge in [0.1, 0.15) is 9.96 Å². The number of ether oxygens (including phenoxy) is 2. The van der Waals surface area contributed by atoms with Crippen molar-refractivity contribution < 1.29 is 27.8 Å². The van der Waals surface area contributed by atoms with Crippen molar-refractivity contribution in [1.82, 2.24) is 9.80 Å². The predicted octanol–water partition coefficient (Wildman–Crippen LogP) is 5.86. The quantitative estimate of drug-likeness (QED) is 0.351. The van der Waals surface area contributed by atoms with Gasteiger partial charge in [0.25, 0.3) is 15.9 Å². The Morgan fingerprint density at radius 3 is 2.55 bits per heavy atom. The lowest BCUT2D eigenvalue weighted by Gasteiger charge is -2.36. The average Bonchev–Trinajstić information content (AvgIpc) is 3.55. The molecule has 4 atom stereocenters. The molecule has 0 bridgehead atoms. The molecule has 1 aromatic carbocycles. The summed E-state index contributed by atoms with van der Waals surface area (Å²) in [7, 11) is -1.64. The highest BCUT2D eigenvalue weighted by Crippen LogP contribution is 2.30. The number of thiophene rings is 1. The van der Waals surface area contributed by atoms with Crippen LogP contribution in [0.15, 0.2) is 39.9 Å². The highest BCUT2D eigenvalue weighted by molar-refractivity contribution is 7.94. The van der Waals surface area contributed by atoms with E-state index in [1.54, 1.807) is 40.6 Å². The molecule has 0 saturated heterocycles. The lowest BCUT2D eigenvalue weighted by atomic mass is 9.89. The molecule has 0 spiro atoms. The van der Waals surface area contributed by atoms with Crippen molar-refractivity contribution in [2.24, 2.45) is 11.8 Å². The number of fused-ring (bicyclic) bond motifs is 1. The van der Waals surface area contributed by atoms with Crippen molar-refractivity contribution in [2.75, 3.05) is 44.6 Å². The molecular weight excluding hydrogens is 599 g/mol. The Hall–Kier alpha value is -2.18.